The van der Waals surface area contributed by atoms with Crippen molar-refractivity contribution in [3.63, 3.8) is 0 Å². The highest BCUT2D eigenvalue weighted by atomic mass is 16.3. The molecule has 2 atom stereocenters. The minimum atomic E-state index is -1.25. The Hall–Kier alpha value is -2.08. The van der Waals surface area contributed by atoms with E-state index in [1.165, 1.54) is 12.1 Å². The van der Waals surface area contributed by atoms with E-state index in [1.807, 2.05) is 0 Å². The van der Waals surface area contributed by atoms with Crippen LogP contribution in [0.15, 0.2) is 29.4 Å². The second-order valence-corrected chi connectivity index (χ2v) is 3.71. The fourth-order valence-corrected chi connectivity index (χ4v) is 1.58. The number of hydrogen-bond acceptors (Lipinski definition) is 4. The Morgan fingerprint density at radius 3 is 2.72 bits per heavy atom. The van der Waals surface area contributed by atoms with Gasteiger partial charge in [-0.15, -0.1) is 0 Å². The van der Waals surface area contributed by atoms with Crippen molar-refractivity contribution in [2.75, 3.05) is 6.54 Å². The maximum Gasteiger partial charge on any atom is 0.249 e. The molecule has 1 aromatic carbocycles. The molecule has 0 aliphatic heterocycles. The van der Waals surface area contributed by atoms with Gasteiger partial charge in [0.2, 0.25) is 5.91 Å². The number of aliphatic hydroxyl groups is 2. The fourth-order valence-electron chi connectivity index (χ4n) is 1.58. The zero-order valence-electron chi connectivity index (χ0n) is 9.60. The van der Waals surface area contributed by atoms with Crippen molar-refractivity contribution >= 4 is 5.91 Å². The van der Waals surface area contributed by atoms with Crippen LogP contribution in [-0.2, 0) is 0 Å². The first-order valence-electron chi connectivity index (χ1n) is 5.33. The maximum absolute atomic E-state index is 11.2. The van der Waals surface area contributed by atoms with Gasteiger partial charge < -0.3 is 15.9 Å². The van der Waals surface area contributed by atoms with Gasteiger partial charge in [0.1, 0.15) is 6.10 Å². The number of benzene rings is 1. The maximum atomic E-state index is 11.2. The molecule has 1 amide bonds. The highest BCUT2D eigenvalue weighted by Crippen LogP contribution is 2.22. The summed E-state index contributed by atoms with van der Waals surface area (Å²) in [5.41, 5.74) is 13.7. The van der Waals surface area contributed by atoms with E-state index in [-0.39, 0.29) is 24.1 Å². The normalized spacial score (nSPS) is 13.4. The molecule has 0 aliphatic carbocycles. The molecule has 96 valence electrons. The van der Waals surface area contributed by atoms with E-state index < -0.39 is 18.1 Å². The summed E-state index contributed by atoms with van der Waals surface area (Å²) in [6.07, 6.45) is -2.28. The van der Waals surface area contributed by atoms with Gasteiger partial charge in [0.15, 0.2) is 0 Å². The molecule has 18 heavy (non-hydrogen) atoms. The zero-order valence-corrected chi connectivity index (χ0v) is 9.60. The molecule has 2 unspecified atom stereocenters. The van der Waals surface area contributed by atoms with Crippen molar-refractivity contribution in [1.82, 2.24) is 0 Å². The van der Waals surface area contributed by atoms with Crippen LogP contribution in [0.2, 0.25) is 0 Å². The van der Waals surface area contributed by atoms with Gasteiger partial charge >= 0.3 is 0 Å². The summed E-state index contributed by atoms with van der Waals surface area (Å²) >= 11 is 0. The number of hydrogen-bond donors (Lipinski definition) is 3. The van der Waals surface area contributed by atoms with Crippen LogP contribution in [0.4, 0.5) is 0 Å². The Labute approximate surface area is 103 Å². The largest absolute Gasteiger partial charge is 0.390 e. The smallest absolute Gasteiger partial charge is 0.249 e. The molecule has 0 aromatic heterocycles. The summed E-state index contributed by atoms with van der Waals surface area (Å²) in [5, 5.41) is 22.9. The number of nitrogens with zero attached hydrogens (tertiary/aromatic N) is 3. The van der Waals surface area contributed by atoms with Crippen LogP contribution in [0.5, 0.6) is 0 Å². The van der Waals surface area contributed by atoms with Gasteiger partial charge in [-0.3, -0.25) is 4.79 Å². The monoisotopic (exact) mass is 250 g/mol. The van der Waals surface area contributed by atoms with Crippen molar-refractivity contribution in [1.29, 1.82) is 0 Å². The molecule has 0 radical (unpaired) electrons. The molecule has 0 fully saturated rings. The molecule has 0 heterocycles. The van der Waals surface area contributed by atoms with Gasteiger partial charge in [0.05, 0.1) is 6.10 Å². The van der Waals surface area contributed by atoms with Gasteiger partial charge in [0.25, 0.3) is 0 Å². The molecule has 0 spiro atoms. The first-order valence-corrected chi connectivity index (χ1v) is 5.33. The van der Waals surface area contributed by atoms with E-state index in [1.54, 1.807) is 12.1 Å². The zero-order chi connectivity index (χ0) is 13.5. The van der Waals surface area contributed by atoms with E-state index in [0.717, 1.165) is 0 Å². The number of azide groups is 1. The molecule has 1 aromatic rings. The van der Waals surface area contributed by atoms with E-state index >= 15 is 0 Å². The summed E-state index contributed by atoms with van der Waals surface area (Å²) in [7, 11) is 0. The standard InChI is InChI=1S/C11H14N4O3/c12-11(18)8-4-2-1-3-7(8)10(17)9(16)5-6-14-15-13/h1-4,9-10,16-17H,5-6H2,(H2,12,18). The number of nitrogens with two attached hydrogens (primary N) is 1. The lowest BCUT2D eigenvalue weighted by Gasteiger charge is -2.19. The van der Waals surface area contributed by atoms with Crippen LogP contribution in [0, 0.1) is 0 Å². The molecule has 4 N–H and O–H groups in total. The average Bonchev–Trinajstić information content (AvgIpc) is 2.38. The molecule has 0 saturated carbocycles. The Balaban J connectivity index is 2.85. The van der Waals surface area contributed by atoms with Crippen LogP contribution in [0.1, 0.15) is 28.4 Å². The third kappa shape index (κ3) is 3.46. The van der Waals surface area contributed by atoms with Crippen molar-refractivity contribution in [2.24, 2.45) is 10.8 Å². The van der Waals surface area contributed by atoms with Crippen molar-refractivity contribution in [3.8, 4) is 0 Å². The third-order valence-corrected chi connectivity index (χ3v) is 2.50. The number of amides is 1. The molecule has 0 saturated heterocycles. The quantitative estimate of drug-likeness (QED) is 0.393. The lowest BCUT2D eigenvalue weighted by molar-refractivity contribution is 0.0146. The van der Waals surface area contributed by atoms with Gasteiger partial charge in [0, 0.05) is 17.0 Å². The second-order valence-electron chi connectivity index (χ2n) is 3.71. The van der Waals surface area contributed by atoms with E-state index in [4.69, 9.17) is 11.3 Å². The minimum absolute atomic E-state index is 0.0630. The van der Waals surface area contributed by atoms with Gasteiger partial charge in [-0.1, -0.05) is 23.3 Å². The average molecular weight is 250 g/mol. The van der Waals surface area contributed by atoms with Crippen LogP contribution in [0.25, 0.3) is 10.4 Å². The summed E-state index contributed by atoms with van der Waals surface area (Å²) in [5.74, 6) is -0.674. The van der Waals surface area contributed by atoms with E-state index in [9.17, 15) is 15.0 Å². The predicted molar refractivity (Wildman–Crippen MR) is 64.6 cm³/mol. The number of primary amides is 1. The Bertz CT molecular complexity index is 471. The van der Waals surface area contributed by atoms with Crippen molar-refractivity contribution in [2.45, 2.75) is 18.6 Å². The second kappa shape index (κ2) is 6.61. The molecule has 7 heteroatoms. The number of carbonyl (C=O) groups excluding carboxylic acids is 1. The Morgan fingerprint density at radius 2 is 2.11 bits per heavy atom. The molecule has 0 aliphatic rings. The molecular formula is C11H14N4O3. The first kappa shape index (κ1) is 14.0. The molecule has 1 rings (SSSR count). The first-order chi connectivity index (χ1) is 8.57. The van der Waals surface area contributed by atoms with Gasteiger partial charge in [-0.05, 0) is 23.6 Å². The van der Waals surface area contributed by atoms with Crippen LogP contribution >= 0.6 is 0 Å². The SMILES string of the molecule is [N-]=[N+]=NCCC(O)C(O)c1ccccc1C(N)=O. The number of aliphatic hydroxyl groups excluding tert-OH is 2. The highest BCUT2D eigenvalue weighted by Gasteiger charge is 2.21. The lowest BCUT2D eigenvalue weighted by Crippen LogP contribution is -2.23. The van der Waals surface area contributed by atoms with Gasteiger partial charge in [-0.2, -0.15) is 0 Å². The van der Waals surface area contributed by atoms with E-state index in [2.05, 4.69) is 10.0 Å². The fraction of sp³-hybridized carbons (Fsp3) is 0.364. The van der Waals surface area contributed by atoms with Crippen LogP contribution in [0.3, 0.4) is 0 Å². The van der Waals surface area contributed by atoms with Crippen LogP contribution in [-0.4, -0.2) is 28.8 Å². The molecule has 7 nitrogen and oxygen atoms in total. The topological polar surface area (TPSA) is 132 Å². The summed E-state index contributed by atoms with van der Waals surface area (Å²) < 4.78 is 0. The van der Waals surface area contributed by atoms with Gasteiger partial charge in [-0.25, -0.2) is 0 Å². The Morgan fingerprint density at radius 1 is 1.44 bits per heavy atom. The summed E-state index contributed by atoms with van der Waals surface area (Å²) in [6, 6.07) is 6.23. The minimum Gasteiger partial charge on any atom is -0.390 e. The lowest BCUT2D eigenvalue weighted by atomic mass is 9.97. The van der Waals surface area contributed by atoms with Crippen molar-refractivity contribution < 1.29 is 15.0 Å². The summed E-state index contributed by atoms with van der Waals surface area (Å²) in [6.45, 7) is 0.0630. The highest BCUT2D eigenvalue weighted by molar-refractivity contribution is 5.94. The van der Waals surface area contributed by atoms with Crippen molar-refractivity contribution in [3.05, 3.63) is 45.8 Å². The van der Waals surface area contributed by atoms with E-state index in [0.29, 0.717) is 0 Å². The molecular weight excluding hydrogens is 236 g/mol. The summed E-state index contributed by atoms with van der Waals surface area (Å²) in [4.78, 5) is 13.7. The third-order valence-electron chi connectivity index (χ3n) is 2.50. The molecule has 0 bridgehead atoms. The van der Waals surface area contributed by atoms with Crippen LogP contribution < -0.4 is 5.73 Å². The Kier molecular flexibility index (Phi) is 5.13. The number of carbonyl (C=O) groups is 1. The predicted octanol–water partition coefficient (Wildman–Crippen LogP) is 0.880. The number of rotatable bonds is 6.